The zero-order chi connectivity index (χ0) is 16.2. The van der Waals surface area contributed by atoms with Gasteiger partial charge in [-0.15, -0.1) is 0 Å². The number of aromatic nitrogens is 1. The average molecular weight is 350 g/mol. The van der Waals surface area contributed by atoms with E-state index in [-0.39, 0.29) is 11.9 Å². The van der Waals surface area contributed by atoms with E-state index < -0.39 is 0 Å². The Morgan fingerprint density at radius 2 is 1.96 bits per heavy atom. The third-order valence-electron chi connectivity index (χ3n) is 3.91. The Labute approximate surface area is 145 Å². The molecule has 0 saturated heterocycles. The molecule has 1 aromatic heterocycles. The Balaban J connectivity index is 1.74. The smallest absolute Gasteiger partial charge is 0.270 e. The minimum Gasteiger partial charge on any atom is -0.354 e. The van der Waals surface area contributed by atoms with E-state index in [0.717, 1.165) is 18.5 Å². The van der Waals surface area contributed by atoms with E-state index in [9.17, 15) is 4.79 Å². The Hall–Kier alpha value is -1.78. The quantitative estimate of drug-likeness (QED) is 0.832. The molecule has 0 unspecified atom stereocenters. The Morgan fingerprint density at radius 1 is 1.17 bits per heavy atom. The first kappa shape index (κ1) is 16.1. The molecule has 0 atom stereocenters. The Kier molecular flexibility index (Phi) is 5.03. The molecule has 1 aliphatic carbocycles. The van der Waals surface area contributed by atoms with E-state index in [2.05, 4.69) is 15.6 Å². The highest BCUT2D eigenvalue weighted by molar-refractivity contribution is 6.43. The average Bonchev–Trinajstić information content (AvgIpc) is 3.05. The summed E-state index contributed by atoms with van der Waals surface area (Å²) in [6.45, 7) is 0. The van der Waals surface area contributed by atoms with Crippen LogP contribution in [0.25, 0.3) is 0 Å². The van der Waals surface area contributed by atoms with E-state index in [1.165, 1.54) is 12.8 Å². The highest BCUT2D eigenvalue weighted by Gasteiger charge is 2.18. The van der Waals surface area contributed by atoms with Gasteiger partial charge in [0.1, 0.15) is 5.69 Å². The van der Waals surface area contributed by atoms with Gasteiger partial charge in [-0.25, -0.2) is 0 Å². The topological polar surface area (TPSA) is 54.0 Å². The first-order chi connectivity index (χ1) is 11.1. The van der Waals surface area contributed by atoms with E-state index in [1.807, 2.05) is 12.1 Å². The highest BCUT2D eigenvalue weighted by atomic mass is 35.5. The van der Waals surface area contributed by atoms with E-state index >= 15 is 0 Å². The van der Waals surface area contributed by atoms with Crippen molar-refractivity contribution in [3.63, 3.8) is 0 Å². The van der Waals surface area contributed by atoms with Crippen LogP contribution in [0.15, 0.2) is 36.5 Å². The number of hydrogen-bond donors (Lipinski definition) is 2. The number of benzene rings is 1. The summed E-state index contributed by atoms with van der Waals surface area (Å²) in [6, 6.07) is 9.12. The number of nitrogens with zero attached hydrogens (tertiary/aromatic N) is 1. The molecule has 120 valence electrons. The Bertz CT molecular complexity index is 715. The van der Waals surface area contributed by atoms with Crippen LogP contribution >= 0.6 is 23.2 Å². The number of pyridine rings is 1. The lowest BCUT2D eigenvalue weighted by molar-refractivity contribution is 0.0933. The molecule has 2 aromatic rings. The number of halogens is 2. The second-order valence-electron chi connectivity index (χ2n) is 5.61. The molecule has 4 nitrogen and oxygen atoms in total. The lowest BCUT2D eigenvalue weighted by Gasteiger charge is -2.13. The number of carbonyl (C=O) groups excluding carboxylic acids is 1. The summed E-state index contributed by atoms with van der Waals surface area (Å²) in [5.41, 5.74) is 1.81. The second-order valence-corrected chi connectivity index (χ2v) is 6.40. The molecule has 1 amide bonds. The van der Waals surface area contributed by atoms with Gasteiger partial charge in [-0.2, -0.15) is 0 Å². The van der Waals surface area contributed by atoms with Gasteiger partial charge in [0, 0.05) is 17.9 Å². The first-order valence-corrected chi connectivity index (χ1v) is 8.37. The molecule has 0 bridgehead atoms. The van der Waals surface area contributed by atoms with Crippen molar-refractivity contribution in [2.75, 3.05) is 5.32 Å². The standard InChI is InChI=1S/C17H17Cl2N3O/c18-13-6-3-7-14(16(13)19)21-12-8-9-20-15(10-12)17(23)22-11-4-1-2-5-11/h3,6-11H,1-2,4-5H2,(H,20,21)(H,22,23). The number of anilines is 2. The second kappa shape index (κ2) is 7.20. The van der Waals surface area contributed by atoms with E-state index in [1.54, 1.807) is 24.4 Å². The summed E-state index contributed by atoms with van der Waals surface area (Å²) in [5, 5.41) is 7.12. The van der Waals surface area contributed by atoms with Crippen LogP contribution in [0.3, 0.4) is 0 Å². The minimum atomic E-state index is -0.141. The van der Waals surface area contributed by atoms with Gasteiger partial charge in [-0.05, 0) is 37.1 Å². The molecular weight excluding hydrogens is 333 g/mol. The molecule has 1 aliphatic rings. The van der Waals surface area contributed by atoms with Crippen molar-refractivity contribution >= 4 is 40.5 Å². The van der Waals surface area contributed by atoms with E-state index in [4.69, 9.17) is 23.2 Å². The third-order valence-corrected chi connectivity index (χ3v) is 4.73. The molecule has 1 heterocycles. The van der Waals surface area contributed by atoms with Crippen molar-refractivity contribution in [1.29, 1.82) is 0 Å². The summed E-state index contributed by atoms with van der Waals surface area (Å²) in [4.78, 5) is 16.4. The number of hydrogen-bond acceptors (Lipinski definition) is 3. The fraction of sp³-hybridized carbons (Fsp3) is 0.294. The van der Waals surface area contributed by atoms with Gasteiger partial charge in [-0.1, -0.05) is 42.1 Å². The van der Waals surface area contributed by atoms with Crippen LogP contribution in [0.2, 0.25) is 10.0 Å². The van der Waals surface area contributed by atoms with Gasteiger partial charge in [-0.3, -0.25) is 9.78 Å². The SMILES string of the molecule is O=C(NC1CCCC1)c1cc(Nc2cccc(Cl)c2Cl)ccn1. The molecule has 1 aromatic carbocycles. The molecule has 1 saturated carbocycles. The van der Waals surface area contributed by atoms with Crippen molar-refractivity contribution in [2.24, 2.45) is 0 Å². The normalized spacial score (nSPS) is 14.7. The number of rotatable bonds is 4. The zero-order valence-corrected chi connectivity index (χ0v) is 14.0. The van der Waals surface area contributed by atoms with Crippen LogP contribution in [-0.2, 0) is 0 Å². The van der Waals surface area contributed by atoms with Crippen LogP contribution in [0.5, 0.6) is 0 Å². The van der Waals surface area contributed by atoms with Crippen LogP contribution < -0.4 is 10.6 Å². The molecule has 23 heavy (non-hydrogen) atoms. The van der Waals surface area contributed by atoms with Gasteiger partial charge in [0.25, 0.3) is 5.91 Å². The molecular formula is C17H17Cl2N3O. The van der Waals surface area contributed by atoms with E-state index in [0.29, 0.717) is 21.4 Å². The molecule has 0 aliphatic heterocycles. The molecule has 0 spiro atoms. The maximum absolute atomic E-state index is 12.3. The minimum absolute atomic E-state index is 0.141. The lowest BCUT2D eigenvalue weighted by Crippen LogP contribution is -2.33. The van der Waals surface area contributed by atoms with Crippen molar-refractivity contribution in [3.8, 4) is 0 Å². The fourth-order valence-corrected chi connectivity index (χ4v) is 3.07. The van der Waals surface area contributed by atoms with Crippen molar-refractivity contribution < 1.29 is 4.79 Å². The third kappa shape index (κ3) is 3.95. The summed E-state index contributed by atoms with van der Waals surface area (Å²) >= 11 is 12.2. The largest absolute Gasteiger partial charge is 0.354 e. The maximum Gasteiger partial charge on any atom is 0.270 e. The number of carbonyl (C=O) groups is 1. The molecule has 2 N–H and O–H groups in total. The summed E-state index contributed by atoms with van der Waals surface area (Å²) < 4.78 is 0. The predicted molar refractivity (Wildman–Crippen MR) is 93.7 cm³/mol. The van der Waals surface area contributed by atoms with Crippen molar-refractivity contribution in [1.82, 2.24) is 10.3 Å². The molecule has 0 radical (unpaired) electrons. The van der Waals surface area contributed by atoms with Crippen molar-refractivity contribution in [3.05, 3.63) is 52.3 Å². The summed E-state index contributed by atoms with van der Waals surface area (Å²) in [6.07, 6.45) is 6.04. The summed E-state index contributed by atoms with van der Waals surface area (Å²) in [7, 11) is 0. The van der Waals surface area contributed by atoms with Gasteiger partial charge < -0.3 is 10.6 Å². The van der Waals surface area contributed by atoms with Crippen LogP contribution in [0, 0.1) is 0 Å². The van der Waals surface area contributed by atoms with Gasteiger partial charge in [0.2, 0.25) is 0 Å². The van der Waals surface area contributed by atoms with Crippen LogP contribution in [0.1, 0.15) is 36.2 Å². The zero-order valence-electron chi connectivity index (χ0n) is 12.5. The molecule has 3 rings (SSSR count). The molecule has 1 fully saturated rings. The van der Waals surface area contributed by atoms with Gasteiger partial charge >= 0.3 is 0 Å². The first-order valence-electron chi connectivity index (χ1n) is 7.61. The highest BCUT2D eigenvalue weighted by Crippen LogP contribution is 2.31. The number of amides is 1. The Morgan fingerprint density at radius 3 is 2.74 bits per heavy atom. The van der Waals surface area contributed by atoms with Crippen LogP contribution in [-0.4, -0.2) is 16.9 Å². The predicted octanol–water partition coefficient (Wildman–Crippen LogP) is 4.80. The fourth-order valence-electron chi connectivity index (χ4n) is 2.72. The lowest BCUT2D eigenvalue weighted by atomic mass is 10.2. The van der Waals surface area contributed by atoms with Gasteiger partial charge in [0.05, 0.1) is 15.7 Å². The van der Waals surface area contributed by atoms with Gasteiger partial charge in [0.15, 0.2) is 0 Å². The number of nitrogens with one attached hydrogen (secondary N) is 2. The maximum atomic E-state index is 12.3. The van der Waals surface area contributed by atoms with Crippen LogP contribution in [0.4, 0.5) is 11.4 Å². The monoisotopic (exact) mass is 349 g/mol. The van der Waals surface area contributed by atoms with Crippen molar-refractivity contribution in [2.45, 2.75) is 31.7 Å². The summed E-state index contributed by atoms with van der Waals surface area (Å²) in [5.74, 6) is -0.141. The molecule has 6 heteroatoms.